The number of aromatic amines is 1. The summed E-state index contributed by atoms with van der Waals surface area (Å²) in [6.45, 7) is 6.82. The van der Waals surface area contributed by atoms with Gasteiger partial charge in [0.1, 0.15) is 0 Å². The van der Waals surface area contributed by atoms with Crippen LogP contribution in [0.15, 0.2) is 30.9 Å². The monoisotopic (exact) mass is 240 g/mol. The van der Waals surface area contributed by atoms with Crippen molar-refractivity contribution in [2.75, 3.05) is 6.54 Å². The van der Waals surface area contributed by atoms with Crippen molar-refractivity contribution < 1.29 is 0 Å². The summed E-state index contributed by atoms with van der Waals surface area (Å²) < 4.78 is 0. The number of aryl methyl sites for hydroxylation is 2. The Morgan fingerprint density at radius 1 is 1.50 bits per heavy atom. The molecule has 2 heteroatoms. The Kier molecular flexibility index (Phi) is 2.96. The van der Waals surface area contributed by atoms with E-state index in [4.69, 9.17) is 0 Å². The van der Waals surface area contributed by atoms with Crippen molar-refractivity contribution in [1.82, 2.24) is 10.3 Å². The van der Waals surface area contributed by atoms with Crippen molar-refractivity contribution in [3.8, 4) is 0 Å². The lowest BCUT2D eigenvalue weighted by atomic mass is 9.91. The highest BCUT2D eigenvalue weighted by Gasteiger charge is 2.23. The second-order valence-electron chi connectivity index (χ2n) is 5.21. The van der Waals surface area contributed by atoms with Gasteiger partial charge >= 0.3 is 0 Å². The van der Waals surface area contributed by atoms with Gasteiger partial charge < -0.3 is 10.3 Å². The maximum atomic E-state index is 3.78. The molecule has 1 unspecified atom stereocenters. The van der Waals surface area contributed by atoms with Crippen LogP contribution in [0, 0.1) is 6.92 Å². The first kappa shape index (κ1) is 11.5. The third-order valence-electron chi connectivity index (χ3n) is 3.87. The summed E-state index contributed by atoms with van der Waals surface area (Å²) in [6.07, 6.45) is 5.61. The predicted molar refractivity (Wildman–Crippen MR) is 76.9 cm³/mol. The summed E-state index contributed by atoms with van der Waals surface area (Å²) in [6, 6.07) is 7.14. The van der Waals surface area contributed by atoms with Crippen LogP contribution < -0.4 is 5.32 Å². The molecule has 2 N–H and O–H groups in total. The summed E-state index contributed by atoms with van der Waals surface area (Å²) in [5.74, 6) is 0. The van der Waals surface area contributed by atoms with E-state index in [-0.39, 0.29) is 0 Å². The van der Waals surface area contributed by atoms with Gasteiger partial charge in [-0.05, 0) is 43.9 Å². The summed E-state index contributed by atoms with van der Waals surface area (Å²) in [7, 11) is 0. The molecule has 1 aliphatic rings. The lowest BCUT2D eigenvalue weighted by Crippen LogP contribution is -2.25. The Bertz CT molecular complexity index is 580. The van der Waals surface area contributed by atoms with Crippen LogP contribution in [0.2, 0.25) is 0 Å². The minimum Gasteiger partial charge on any atom is -0.357 e. The third kappa shape index (κ3) is 1.87. The number of benzene rings is 1. The second kappa shape index (κ2) is 4.62. The number of aromatic nitrogens is 1. The van der Waals surface area contributed by atoms with Crippen molar-refractivity contribution in [2.24, 2.45) is 0 Å². The molecule has 0 amide bonds. The van der Waals surface area contributed by atoms with Crippen LogP contribution in [0.4, 0.5) is 0 Å². The van der Waals surface area contributed by atoms with Gasteiger partial charge in [-0.2, -0.15) is 0 Å². The molecular weight excluding hydrogens is 220 g/mol. The van der Waals surface area contributed by atoms with Gasteiger partial charge in [0.05, 0.1) is 0 Å². The molecule has 0 saturated heterocycles. The average molecular weight is 240 g/mol. The molecule has 1 aromatic heterocycles. The van der Waals surface area contributed by atoms with Crippen LogP contribution in [-0.2, 0) is 6.42 Å². The van der Waals surface area contributed by atoms with Gasteiger partial charge in [-0.3, -0.25) is 0 Å². The smallest absolute Gasteiger partial charge is 0.0478 e. The molecule has 1 aromatic carbocycles. The molecule has 0 saturated carbocycles. The highest BCUT2D eigenvalue weighted by atomic mass is 14.9. The second-order valence-corrected chi connectivity index (χ2v) is 5.21. The zero-order valence-electron chi connectivity index (χ0n) is 10.9. The Hall–Kier alpha value is -1.54. The van der Waals surface area contributed by atoms with Gasteiger partial charge in [0, 0.05) is 29.2 Å². The molecule has 0 bridgehead atoms. The van der Waals surface area contributed by atoms with Crippen LogP contribution in [-0.4, -0.2) is 11.5 Å². The predicted octanol–water partition coefficient (Wildman–Crippen LogP) is 3.63. The molecule has 2 nitrogen and oxygen atoms in total. The molecule has 1 heterocycles. The fourth-order valence-electron chi connectivity index (χ4n) is 3.01. The lowest BCUT2D eigenvalue weighted by Gasteiger charge is -2.23. The van der Waals surface area contributed by atoms with Crippen LogP contribution in [0.1, 0.15) is 35.7 Å². The molecule has 1 aliphatic carbocycles. The molecule has 0 radical (unpaired) electrons. The Labute approximate surface area is 108 Å². The van der Waals surface area contributed by atoms with E-state index in [9.17, 15) is 0 Å². The van der Waals surface area contributed by atoms with Crippen molar-refractivity contribution >= 4 is 10.9 Å². The summed E-state index contributed by atoms with van der Waals surface area (Å²) in [5.41, 5.74) is 5.52. The van der Waals surface area contributed by atoms with Gasteiger partial charge in [0.25, 0.3) is 0 Å². The molecule has 0 aliphatic heterocycles. The van der Waals surface area contributed by atoms with Gasteiger partial charge in [-0.15, -0.1) is 6.58 Å². The van der Waals surface area contributed by atoms with Gasteiger partial charge in [-0.25, -0.2) is 0 Å². The van der Waals surface area contributed by atoms with Crippen molar-refractivity contribution in [3.63, 3.8) is 0 Å². The van der Waals surface area contributed by atoms with E-state index >= 15 is 0 Å². The number of hydrogen-bond donors (Lipinski definition) is 2. The molecule has 0 spiro atoms. The Morgan fingerprint density at radius 2 is 2.39 bits per heavy atom. The third-order valence-corrected chi connectivity index (χ3v) is 3.87. The summed E-state index contributed by atoms with van der Waals surface area (Å²) in [5, 5.41) is 4.97. The maximum absolute atomic E-state index is 3.78. The fraction of sp³-hybridized carbons (Fsp3) is 0.375. The minimum atomic E-state index is 0.458. The number of nitrogens with one attached hydrogen (secondary N) is 2. The van der Waals surface area contributed by atoms with Crippen LogP contribution in [0.5, 0.6) is 0 Å². The average Bonchev–Trinajstić information content (AvgIpc) is 2.75. The highest BCUT2D eigenvalue weighted by Crippen LogP contribution is 2.34. The minimum absolute atomic E-state index is 0.458. The first-order chi connectivity index (χ1) is 8.79. The van der Waals surface area contributed by atoms with E-state index in [1.54, 1.807) is 0 Å². The van der Waals surface area contributed by atoms with E-state index in [0.717, 1.165) is 6.54 Å². The molecule has 1 atom stereocenters. The standard InChI is InChI=1S/C16H20N2/c1-3-9-17-15-6-4-5-12-13-10-11(2)7-8-14(13)18-16(12)15/h3,7-8,10,15,17-18H,1,4-6,9H2,2H3. The molecule has 94 valence electrons. The van der Waals surface area contributed by atoms with Crippen LogP contribution >= 0.6 is 0 Å². The first-order valence-electron chi connectivity index (χ1n) is 6.75. The largest absolute Gasteiger partial charge is 0.357 e. The summed E-state index contributed by atoms with van der Waals surface area (Å²) in [4.78, 5) is 3.61. The van der Waals surface area contributed by atoms with E-state index < -0.39 is 0 Å². The topological polar surface area (TPSA) is 27.8 Å². The number of rotatable bonds is 3. The van der Waals surface area contributed by atoms with Gasteiger partial charge in [0.15, 0.2) is 0 Å². The van der Waals surface area contributed by atoms with Crippen LogP contribution in [0.25, 0.3) is 10.9 Å². The summed E-state index contributed by atoms with van der Waals surface area (Å²) >= 11 is 0. The SMILES string of the molecule is C=CCNC1CCCc2c1[nH]c1ccc(C)cc21. The molecule has 3 rings (SSSR count). The van der Waals surface area contributed by atoms with Gasteiger partial charge in [-0.1, -0.05) is 17.7 Å². The lowest BCUT2D eigenvalue weighted by molar-refractivity contribution is 0.473. The molecule has 0 fully saturated rings. The first-order valence-corrected chi connectivity index (χ1v) is 6.75. The normalized spacial score (nSPS) is 18.8. The Balaban J connectivity index is 2.06. The molecule has 2 aromatic rings. The van der Waals surface area contributed by atoms with Gasteiger partial charge in [0.2, 0.25) is 0 Å². The van der Waals surface area contributed by atoms with E-state index in [1.807, 2.05) is 6.08 Å². The van der Waals surface area contributed by atoms with Crippen molar-refractivity contribution in [3.05, 3.63) is 47.7 Å². The Morgan fingerprint density at radius 3 is 3.22 bits per heavy atom. The number of hydrogen-bond acceptors (Lipinski definition) is 1. The molecule has 18 heavy (non-hydrogen) atoms. The van der Waals surface area contributed by atoms with E-state index in [2.05, 4.69) is 42.0 Å². The van der Waals surface area contributed by atoms with Crippen molar-refractivity contribution in [2.45, 2.75) is 32.2 Å². The number of H-pyrrole nitrogens is 1. The zero-order chi connectivity index (χ0) is 12.5. The highest BCUT2D eigenvalue weighted by molar-refractivity contribution is 5.85. The fourth-order valence-corrected chi connectivity index (χ4v) is 3.01. The molecular formula is C16H20N2. The maximum Gasteiger partial charge on any atom is 0.0478 e. The van der Waals surface area contributed by atoms with Crippen LogP contribution in [0.3, 0.4) is 0 Å². The van der Waals surface area contributed by atoms with E-state index in [0.29, 0.717) is 6.04 Å². The zero-order valence-corrected chi connectivity index (χ0v) is 10.9. The quantitative estimate of drug-likeness (QED) is 0.788. The number of fused-ring (bicyclic) bond motifs is 3. The van der Waals surface area contributed by atoms with Crippen molar-refractivity contribution in [1.29, 1.82) is 0 Å². The van der Waals surface area contributed by atoms with E-state index in [1.165, 1.54) is 47.0 Å².